The van der Waals surface area contributed by atoms with E-state index in [0.717, 1.165) is 47.0 Å². The van der Waals surface area contributed by atoms with Crippen molar-refractivity contribution in [1.82, 2.24) is 9.78 Å². The molecule has 2 heterocycles. The Balaban J connectivity index is 1.50. The minimum Gasteiger partial charge on any atom is -0.386 e. The molecule has 1 aromatic heterocycles. The Morgan fingerprint density at radius 1 is 0.929 bits per heavy atom. The van der Waals surface area contributed by atoms with Gasteiger partial charge in [-0.15, -0.1) is 0 Å². The first kappa shape index (κ1) is 18.9. The summed E-state index contributed by atoms with van der Waals surface area (Å²) in [6, 6.07) is 16.3. The molecule has 0 aliphatic carbocycles. The van der Waals surface area contributed by atoms with Gasteiger partial charge in [-0.05, 0) is 49.2 Å². The van der Waals surface area contributed by atoms with E-state index in [1.165, 1.54) is 5.69 Å². The second kappa shape index (κ2) is 7.53. The average molecular weight is 396 g/mol. The van der Waals surface area contributed by atoms with Crippen molar-refractivity contribution in [2.24, 2.45) is 0 Å². The highest BCUT2D eigenvalue weighted by Crippen LogP contribution is 2.25. The van der Waals surface area contributed by atoms with Crippen molar-refractivity contribution >= 4 is 16.5 Å². The maximum Gasteiger partial charge on any atom is 0.0840 e. The molecule has 0 spiro atoms. The number of rotatable bonds is 4. The van der Waals surface area contributed by atoms with Crippen molar-refractivity contribution in [2.75, 3.05) is 29.5 Å². The molecule has 146 valence electrons. The summed E-state index contributed by atoms with van der Waals surface area (Å²) in [5, 5.41) is 14.6. The third-order valence-electron chi connectivity index (χ3n) is 5.16. The van der Waals surface area contributed by atoms with Crippen LogP contribution in [0.1, 0.15) is 19.4 Å². The monoisotopic (exact) mass is 395 g/mol. The van der Waals surface area contributed by atoms with Crippen molar-refractivity contribution < 1.29 is 9.32 Å². The molecular formula is C22H25N3O2S. The summed E-state index contributed by atoms with van der Waals surface area (Å²) in [5.41, 5.74) is 4.33. The van der Waals surface area contributed by atoms with Crippen LogP contribution in [0.5, 0.6) is 0 Å². The fourth-order valence-corrected chi connectivity index (χ4v) is 4.45. The highest BCUT2D eigenvalue weighted by molar-refractivity contribution is 7.85. The summed E-state index contributed by atoms with van der Waals surface area (Å²) in [5.74, 6) is 1.50. The van der Waals surface area contributed by atoms with Crippen LogP contribution in [0.15, 0.2) is 60.9 Å². The Morgan fingerprint density at radius 3 is 2.14 bits per heavy atom. The lowest BCUT2D eigenvalue weighted by atomic mass is 9.98. The molecule has 1 N–H and O–H groups in total. The van der Waals surface area contributed by atoms with Gasteiger partial charge in [-0.1, -0.05) is 24.3 Å². The van der Waals surface area contributed by atoms with Crippen molar-refractivity contribution in [3.63, 3.8) is 0 Å². The van der Waals surface area contributed by atoms with Gasteiger partial charge in [0.25, 0.3) is 0 Å². The molecule has 1 aliphatic rings. The molecule has 0 bridgehead atoms. The zero-order valence-electron chi connectivity index (χ0n) is 16.2. The Kier molecular flexibility index (Phi) is 5.08. The van der Waals surface area contributed by atoms with Crippen molar-refractivity contribution in [3.8, 4) is 16.8 Å². The van der Waals surface area contributed by atoms with E-state index in [-0.39, 0.29) is 0 Å². The van der Waals surface area contributed by atoms with E-state index in [9.17, 15) is 9.32 Å². The van der Waals surface area contributed by atoms with Crippen LogP contribution in [0.3, 0.4) is 0 Å². The maximum atomic E-state index is 11.5. The quantitative estimate of drug-likeness (QED) is 0.736. The molecule has 0 atom stereocenters. The van der Waals surface area contributed by atoms with E-state index in [1.807, 2.05) is 41.3 Å². The van der Waals surface area contributed by atoms with E-state index < -0.39 is 16.4 Å². The van der Waals surface area contributed by atoms with Crippen LogP contribution in [0.2, 0.25) is 0 Å². The van der Waals surface area contributed by atoms with E-state index in [1.54, 1.807) is 13.8 Å². The van der Waals surface area contributed by atoms with Crippen molar-refractivity contribution in [1.29, 1.82) is 0 Å². The SMILES string of the molecule is CC(C)(O)c1ccc(-n2cc(-c3ccc(N4CCS(=O)CC4)cc3)cn2)cc1. The first-order valence-electron chi connectivity index (χ1n) is 9.48. The third-order valence-corrected chi connectivity index (χ3v) is 6.44. The highest BCUT2D eigenvalue weighted by Gasteiger charge is 2.16. The minimum absolute atomic E-state index is 0.658. The predicted molar refractivity (Wildman–Crippen MR) is 114 cm³/mol. The van der Waals surface area contributed by atoms with Gasteiger partial charge in [-0.3, -0.25) is 4.21 Å². The minimum atomic E-state index is -0.848. The van der Waals surface area contributed by atoms with E-state index in [0.29, 0.717) is 0 Å². The van der Waals surface area contributed by atoms with Crippen LogP contribution in [0.25, 0.3) is 16.8 Å². The second-order valence-corrected chi connectivity index (χ2v) is 9.36. The molecule has 4 rings (SSSR count). The lowest BCUT2D eigenvalue weighted by Crippen LogP contribution is -2.37. The summed E-state index contributed by atoms with van der Waals surface area (Å²) in [4.78, 5) is 2.29. The Morgan fingerprint density at radius 2 is 1.54 bits per heavy atom. The number of anilines is 1. The Bertz CT molecular complexity index is 962. The largest absolute Gasteiger partial charge is 0.386 e. The van der Waals surface area contributed by atoms with Crippen molar-refractivity contribution in [2.45, 2.75) is 19.4 Å². The number of aliphatic hydroxyl groups is 1. The fourth-order valence-electron chi connectivity index (χ4n) is 3.40. The molecule has 6 heteroatoms. The van der Waals surface area contributed by atoms with Crippen LogP contribution in [0.4, 0.5) is 5.69 Å². The first-order valence-corrected chi connectivity index (χ1v) is 11.0. The van der Waals surface area contributed by atoms with Crippen molar-refractivity contribution in [3.05, 3.63) is 66.5 Å². The molecule has 0 saturated carbocycles. The highest BCUT2D eigenvalue weighted by atomic mass is 32.2. The maximum absolute atomic E-state index is 11.5. The Labute approximate surface area is 168 Å². The van der Waals surface area contributed by atoms with Gasteiger partial charge >= 0.3 is 0 Å². The van der Waals surface area contributed by atoms with E-state index in [2.05, 4.69) is 34.3 Å². The number of benzene rings is 2. The first-order chi connectivity index (χ1) is 13.4. The fraction of sp³-hybridized carbons (Fsp3) is 0.318. The lowest BCUT2D eigenvalue weighted by molar-refractivity contribution is 0.0786. The molecule has 28 heavy (non-hydrogen) atoms. The summed E-state index contributed by atoms with van der Waals surface area (Å²) in [7, 11) is -0.658. The van der Waals surface area contributed by atoms with Crippen LogP contribution >= 0.6 is 0 Å². The van der Waals surface area contributed by atoms with Gasteiger partial charge < -0.3 is 10.0 Å². The summed E-state index contributed by atoms with van der Waals surface area (Å²) in [6.07, 6.45) is 3.88. The van der Waals surface area contributed by atoms with Crippen LogP contribution in [-0.2, 0) is 16.4 Å². The zero-order chi connectivity index (χ0) is 19.7. The molecule has 1 aliphatic heterocycles. The molecule has 5 nitrogen and oxygen atoms in total. The van der Waals surface area contributed by atoms with Crippen LogP contribution in [-0.4, -0.2) is 43.7 Å². The predicted octanol–water partition coefficient (Wildman–Crippen LogP) is 3.34. The van der Waals surface area contributed by atoms with E-state index in [4.69, 9.17) is 0 Å². The van der Waals surface area contributed by atoms with Gasteiger partial charge in [0.15, 0.2) is 0 Å². The van der Waals surface area contributed by atoms with Gasteiger partial charge in [0.1, 0.15) is 0 Å². The smallest absolute Gasteiger partial charge is 0.0840 e. The molecule has 0 amide bonds. The Hall–Kier alpha value is -2.44. The molecule has 1 fully saturated rings. The summed E-state index contributed by atoms with van der Waals surface area (Å²) >= 11 is 0. The molecule has 1 saturated heterocycles. The molecular weight excluding hydrogens is 370 g/mol. The van der Waals surface area contributed by atoms with Gasteiger partial charge in [0, 0.05) is 52.8 Å². The van der Waals surface area contributed by atoms with Crippen LogP contribution in [0, 0.1) is 0 Å². The third kappa shape index (κ3) is 4.03. The second-order valence-electron chi connectivity index (χ2n) is 7.66. The van der Waals surface area contributed by atoms with Gasteiger partial charge in [0.2, 0.25) is 0 Å². The van der Waals surface area contributed by atoms with E-state index >= 15 is 0 Å². The number of hydrogen-bond donors (Lipinski definition) is 1. The normalized spacial score (nSPS) is 15.8. The number of hydrogen-bond acceptors (Lipinski definition) is 4. The van der Waals surface area contributed by atoms with Gasteiger partial charge in [-0.25, -0.2) is 4.68 Å². The average Bonchev–Trinajstić information content (AvgIpc) is 3.18. The topological polar surface area (TPSA) is 58.4 Å². The van der Waals surface area contributed by atoms with Gasteiger partial charge in [0.05, 0.1) is 17.5 Å². The number of nitrogens with zero attached hydrogens (tertiary/aromatic N) is 3. The molecule has 3 aromatic rings. The van der Waals surface area contributed by atoms with Gasteiger partial charge in [-0.2, -0.15) is 5.10 Å². The molecule has 0 unspecified atom stereocenters. The number of aromatic nitrogens is 2. The standard InChI is InChI=1S/C22H25N3O2S/c1-22(2,26)19-5-9-21(10-6-19)25-16-18(15-23-25)17-3-7-20(8-4-17)24-11-13-28(27)14-12-24/h3-10,15-16,26H,11-14H2,1-2H3. The summed E-state index contributed by atoms with van der Waals surface area (Å²) < 4.78 is 13.4. The molecule has 0 radical (unpaired) electrons. The lowest BCUT2D eigenvalue weighted by Gasteiger charge is -2.28. The molecule has 2 aromatic carbocycles. The zero-order valence-corrected chi connectivity index (χ0v) is 17.0. The summed E-state index contributed by atoms with van der Waals surface area (Å²) in [6.45, 7) is 5.26. The van der Waals surface area contributed by atoms with Crippen LogP contribution < -0.4 is 4.90 Å².